The number of piperidine rings is 1. The van der Waals surface area contributed by atoms with E-state index in [-0.39, 0.29) is 16.1 Å². The van der Waals surface area contributed by atoms with Crippen LogP contribution < -0.4 is 4.72 Å². The van der Waals surface area contributed by atoms with Gasteiger partial charge in [-0.1, -0.05) is 41.9 Å². The maximum atomic E-state index is 12.4. The van der Waals surface area contributed by atoms with Gasteiger partial charge in [-0.2, -0.15) is 0 Å². The number of benzene rings is 1. The summed E-state index contributed by atoms with van der Waals surface area (Å²) in [5.74, 6) is 0. The zero-order valence-corrected chi connectivity index (χ0v) is 14.8. The van der Waals surface area contributed by atoms with E-state index in [2.05, 4.69) is 26.7 Å². The molecule has 1 N–H and O–H groups in total. The van der Waals surface area contributed by atoms with Gasteiger partial charge >= 0.3 is 0 Å². The Kier molecular flexibility index (Phi) is 5.50. The number of aromatic nitrogens is 1. The first-order valence-electron chi connectivity index (χ1n) is 7.93. The highest BCUT2D eigenvalue weighted by atomic mass is 35.5. The predicted molar refractivity (Wildman–Crippen MR) is 94.3 cm³/mol. The van der Waals surface area contributed by atoms with Crippen molar-refractivity contribution < 1.29 is 8.42 Å². The third kappa shape index (κ3) is 4.54. The number of nitrogens with zero attached hydrogens (tertiary/aromatic N) is 2. The maximum Gasteiger partial charge on any atom is 0.242 e. The van der Waals surface area contributed by atoms with Crippen LogP contribution in [0.5, 0.6) is 0 Å². The molecule has 0 amide bonds. The van der Waals surface area contributed by atoms with Gasteiger partial charge in [-0.25, -0.2) is 18.1 Å². The van der Waals surface area contributed by atoms with E-state index >= 15 is 0 Å². The Balaban J connectivity index is 1.54. The zero-order chi connectivity index (χ0) is 17.0. The summed E-state index contributed by atoms with van der Waals surface area (Å²) in [5, 5.41) is 0.281. The van der Waals surface area contributed by atoms with E-state index in [0.29, 0.717) is 0 Å². The Labute approximate surface area is 147 Å². The van der Waals surface area contributed by atoms with Gasteiger partial charge in [0, 0.05) is 31.9 Å². The monoisotopic (exact) mass is 365 g/mol. The fourth-order valence-electron chi connectivity index (χ4n) is 2.86. The van der Waals surface area contributed by atoms with Crippen LogP contribution in [0.2, 0.25) is 5.15 Å². The van der Waals surface area contributed by atoms with Gasteiger partial charge in [-0.3, -0.25) is 4.90 Å². The minimum absolute atomic E-state index is 0.0438. The average Bonchev–Trinajstić information content (AvgIpc) is 2.58. The Morgan fingerprint density at radius 3 is 2.46 bits per heavy atom. The van der Waals surface area contributed by atoms with Crippen molar-refractivity contribution in [3.05, 3.63) is 59.4 Å². The predicted octanol–water partition coefficient (Wildman–Crippen LogP) is 2.68. The number of halogens is 1. The molecule has 7 heteroatoms. The molecule has 1 aromatic heterocycles. The second-order valence-electron chi connectivity index (χ2n) is 5.97. The molecule has 0 saturated carbocycles. The molecule has 0 radical (unpaired) electrons. The van der Waals surface area contributed by atoms with Gasteiger partial charge in [-0.15, -0.1) is 0 Å². The summed E-state index contributed by atoms with van der Waals surface area (Å²) in [7, 11) is -3.54. The van der Waals surface area contributed by atoms with E-state index < -0.39 is 10.0 Å². The van der Waals surface area contributed by atoms with Crippen LogP contribution in [0.15, 0.2) is 53.6 Å². The quantitative estimate of drug-likeness (QED) is 0.827. The molecule has 0 atom stereocenters. The number of hydrogen-bond donors (Lipinski definition) is 1. The number of pyridine rings is 1. The van der Waals surface area contributed by atoms with Crippen LogP contribution in [0.4, 0.5) is 0 Å². The molecule has 3 rings (SSSR count). The third-order valence-electron chi connectivity index (χ3n) is 4.17. The Morgan fingerprint density at radius 1 is 1.12 bits per heavy atom. The van der Waals surface area contributed by atoms with Gasteiger partial charge in [-0.05, 0) is 30.5 Å². The number of hydrogen-bond acceptors (Lipinski definition) is 4. The van der Waals surface area contributed by atoms with Crippen molar-refractivity contribution in [3.8, 4) is 0 Å². The van der Waals surface area contributed by atoms with Gasteiger partial charge in [0.2, 0.25) is 10.0 Å². The molecule has 0 bridgehead atoms. The van der Waals surface area contributed by atoms with E-state index in [1.54, 1.807) is 0 Å². The van der Waals surface area contributed by atoms with Crippen LogP contribution in [0.1, 0.15) is 18.4 Å². The lowest BCUT2D eigenvalue weighted by molar-refractivity contribution is 0.200. The van der Waals surface area contributed by atoms with Crippen molar-refractivity contribution in [3.63, 3.8) is 0 Å². The van der Waals surface area contributed by atoms with Crippen molar-refractivity contribution in [2.45, 2.75) is 30.3 Å². The summed E-state index contributed by atoms with van der Waals surface area (Å²) in [6.45, 7) is 2.66. The second kappa shape index (κ2) is 7.61. The Morgan fingerprint density at radius 2 is 1.83 bits per heavy atom. The highest BCUT2D eigenvalue weighted by Crippen LogP contribution is 2.17. The van der Waals surface area contributed by atoms with E-state index in [9.17, 15) is 8.42 Å². The molecule has 0 aliphatic carbocycles. The van der Waals surface area contributed by atoms with Crippen LogP contribution in [-0.2, 0) is 16.6 Å². The van der Waals surface area contributed by atoms with E-state index in [0.717, 1.165) is 32.5 Å². The summed E-state index contributed by atoms with van der Waals surface area (Å²) in [5.41, 5.74) is 1.28. The lowest BCUT2D eigenvalue weighted by atomic mass is 10.1. The van der Waals surface area contributed by atoms with Gasteiger partial charge < -0.3 is 0 Å². The molecule has 128 valence electrons. The molecule has 5 nitrogen and oxygen atoms in total. The summed E-state index contributed by atoms with van der Waals surface area (Å²) in [6.07, 6.45) is 2.88. The highest BCUT2D eigenvalue weighted by molar-refractivity contribution is 7.89. The average molecular weight is 366 g/mol. The molecule has 24 heavy (non-hydrogen) atoms. The standard InChI is InChI=1S/C17H20ClN3O2S/c18-17-7-6-16(12-19-17)24(22,23)20-15-8-10-21(11-9-15)13-14-4-2-1-3-5-14/h1-7,12,15,20H,8-11,13H2. The second-order valence-corrected chi connectivity index (χ2v) is 8.08. The Hall–Kier alpha value is -1.47. The molecular formula is C17H20ClN3O2S. The van der Waals surface area contributed by atoms with Crippen molar-refractivity contribution in [1.82, 2.24) is 14.6 Å². The number of likely N-dealkylation sites (tertiary alicyclic amines) is 1. The first-order chi connectivity index (χ1) is 11.5. The van der Waals surface area contributed by atoms with Crippen molar-refractivity contribution in [2.24, 2.45) is 0 Å². The summed E-state index contributed by atoms with van der Waals surface area (Å²) < 4.78 is 27.5. The van der Waals surface area contributed by atoms with Crippen LogP contribution in [0.25, 0.3) is 0 Å². The van der Waals surface area contributed by atoms with Crippen LogP contribution in [0, 0.1) is 0 Å². The normalized spacial score (nSPS) is 17.0. The summed E-state index contributed by atoms with van der Waals surface area (Å²) in [4.78, 5) is 6.34. The zero-order valence-electron chi connectivity index (χ0n) is 13.2. The molecule has 0 unspecified atom stereocenters. The maximum absolute atomic E-state index is 12.4. The van der Waals surface area contributed by atoms with E-state index in [4.69, 9.17) is 11.6 Å². The number of sulfonamides is 1. The smallest absolute Gasteiger partial charge is 0.242 e. The van der Waals surface area contributed by atoms with Crippen LogP contribution >= 0.6 is 11.6 Å². The topological polar surface area (TPSA) is 62.3 Å². The lowest BCUT2D eigenvalue weighted by Crippen LogP contribution is -2.44. The fraction of sp³-hybridized carbons (Fsp3) is 0.353. The lowest BCUT2D eigenvalue weighted by Gasteiger charge is -2.32. The molecule has 1 aliphatic rings. The first kappa shape index (κ1) is 17.4. The molecule has 0 spiro atoms. The summed E-state index contributed by atoms with van der Waals surface area (Å²) in [6, 6.07) is 13.2. The highest BCUT2D eigenvalue weighted by Gasteiger charge is 2.24. The molecule has 1 aromatic carbocycles. The van der Waals surface area contributed by atoms with Gasteiger partial charge in [0.15, 0.2) is 0 Å². The Bertz CT molecular complexity index is 758. The SMILES string of the molecule is O=S(=O)(NC1CCN(Cc2ccccc2)CC1)c1ccc(Cl)nc1. The molecule has 1 fully saturated rings. The van der Waals surface area contributed by atoms with Crippen LogP contribution in [-0.4, -0.2) is 37.4 Å². The largest absolute Gasteiger partial charge is 0.299 e. The molecule has 2 aromatic rings. The van der Waals surface area contributed by atoms with Gasteiger partial charge in [0.05, 0.1) is 0 Å². The van der Waals surface area contributed by atoms with E-state index in [1.165, 1.54) is 23.9 Å². The number of nitrogens with one attached hydrogen (secondary N) is 1. The van der Waals surface area contributed by atoms with Gasteiger partial charge in [0.1, 0.15) is 10.0 Å². The van der Waals surface area contributed by atoms with E-state index in [1.807, 2.05) is 18.2 Å². The molecule has 1 saturated heterocycles. The van der Waals surface area contributed by atoms with Crippen LogP contribution in [0.3, 0.4) is 0 Å². The minimum Gasteiger partial charge on any atom is -0.299 e. The van der Waals surface area contributed by atoms with Crippen molar-refractivity contribution >= 4 is 21.6 Å². The third-order valence-corrected chi connectivity index (χ3v) is 5.90. The number of rotatable bonds is 5. The summed E-state index contributed by atoms with van der Waals surface area (Å²) >= 11 is 5.70. The molecular weight excluding hydrogens is 346 g/mol. The molecule has 1 aliphatic heterocycles. The first-order valence-corrected chi connectivity index (χ1v) is 9.79. The van der Waals surface area contributed by atoms with Crippen molar-refractivity contribution in [1.29, 1.82) is 0 Å². The molecule has 2 heterocycles. The van der Waals surface area contributed by atoms with Crippen molar-refractivity contribution in [2.75, 3.05) is 13.1 Å². The fourth-order valence-corrected chi connectivity index (χ4v) is 4.22. The van der Waals surface area contributed by atoms with Gasteiger partial charge in [0.25, 0.3) is 0 Å². The minimum atomic E-state index is -3.54.